The van der Waals surface area contributed by atoms with Crippen LogP contribution in [0.25, 0.3) is 0 Å². The maximum absolute atomic E-state index is 3.74. The van der Waals surface area contributed by atoms with Gasteiger partial charge in [-0.25, -0.2) is 0 Å². The second-order valence-electron chi connectivity index (χ2n) is 7.65. The first kappa shape index (κ1) is 17.6. The van der Waals surface area contributed by atoms with E-state index < -0.39 is 0 Å². The molecular weight excluding hydrogens is 276 g/mol. The monoisotopic (exact) mass is 312 g/mol. The van der Waals surface area contributed by atoms with E-state index in [-0.39, 0.29) is 0 Å². The largest absolute Gasteiger partial charge is 0.316 e. The lowest BCUT2D eigenvalue weighted by Crippen LogP contribution is -2.52. The van der Waals surface area contributed by atoms with Crippen molar-refractivity contribution < 1.29 is 0 Å². The summed E-state index contributed by atoms with van der Waals surface area (Å²) < 4.78 is 0. The molecule has 0 aromatic rings. The Labute approximate surface area is 136 Å². The van der Waals surface area contributed by atoms with Crippen LogP contribution in [0.15, 0.2) is 0 Å². The third-order valence-electron chi connectivity index (χ3n) is 5.81. The molecule has 3 heteroatoms. The van der Waals surface area contributed by atoms with Gasteiger partial charge in [-0.1, -0.05) is 33.6 Å². The minimum Gasteiger partial charge on any atom is -0.316 e. The molecule has 0 radical (unpaired) electrons. The van der Waals surface area contributed by atoms with Gasteiger partial charge in [0.1, 0.15) is 0 Å². The quantitative estimate of drug-likeness (QED) is 0.746. The van der Waals surface area contributed by atoms with Crippen molar-refractivity contribution in [3.8, 4) is 0 Å². The minimum absolute atomic E-state index is 0.539. The minimum atomic E-state index is 0.539. The maximum atomic E-state index is 3.74. The summed E-state index contributed by atoms with van der Waals surface area (Å²) in [6.45, 7) is 14.6. The Morgan fingerprint density at radius 3 is 2.57 bits per heavy atom. The van der Waals surface area contributed by atoms with E-state index >= 15 is 0 Å². The van der Waals surface area contributed by atoms with Gasteiger partial charge in [-0.2, -0.15) is 11.8 Å². The van der Waals surface area contributed by atoms with Crippen molar-refractivity contribution in [2.24, 2.45) is 11.3 Å². The molecule has 0 aromatic heterocycles. The molecule has 2 rings (SSSR count). The van der Waals surface area contributed by atoms with E-state index in [1.807, 2.05) is 0 Å². The molecule has 1 N–H and O–H groups in total. The molecule has 0 spiro atoms. The lowest BCUT2D eigenvalue weighted by atomic mass is 9.70. The van der Waals surface area contributed by atoms with Crippen molar-refractivity contribution in [2.75, 3.05) is 31.9 Å². The van der Waals surface area contributed by atoms with Crippen LogP contribution < -0.4 is 5.32 Å². The molecule has 1 saturated heterocycles. The van der Waals surface area contributed by atoms with Gasteiger partial charge in [0.25, 0.3) is 0 Å². The Hall–Kier alpha value is 0.270. The summed E-state index contributed by atoms with van der Waals surface area (Å²) in [5.41, 5.74) is 0.539. The molecule has 0 bridgehead atoms. The summed E-state index contributed by atoms with van der Waals surface area (Å²) in [5, 5.41) is 4.54. The van der Waals surface area contributed by atoms with Crippen LogP contribution in [0.2, 0.25) is 0 Å². The lowest BCUT2D eigenvalue weighted by Gasteiger charge is -2.47. The van der Waals surface area contributed by atoms with Crippen molar-refractivity contribution in [2.45, 2.75) is 71.1 Å². The Kier molecular flexibility index (Phi) is 6.89. The summed E-state index contributed by atoms with van der Waals surface area (Å²) in [6, 6.07) is 0.742. The lowest BCUT2D eigenvalue weighted by molar-refractivity contribution is 0.0684. The van der Waals surface area contributed by atoms with E-state index in [1.165, 1.54) is 64.0 Å². The summed E-state index contributed by atoms with van der Waals surface area (Å²) in [5.74, 6) is 2.26. The molecule has 1 heterocycles. The van der Waals surface area contributed by atoms with Gasteiger partial charge in [-0.05, 0) is 44.1 Å². The van der Waals surface area contributed by atoms with Crippen LogP contribution in [0.3, 0.4) is 0 Å². The van der Waals surface area contributed by atoms with E-state index in [9.17, 15) is 0 Å². The average molecular weight is 313 g/mol. The Morgan fingerprint density at radius 1 is 1.19 bits per heavy atom. The summed E-state index contributed by atoms with van der Waals surface area (Å²) in [4.78, 5) is 2.80. The van der Waals surface area contributed by atoms with Crippen molar-refractivity contribution in [3.63, 3.8) is 0 Å². The predicted molar refractivity (Wildman–Crippen MR) is 96.2 cm³/mol. The number of nitrogens with one attached hydrogen (secondary N) is 1. The molecular formula is C18H36N2S. The fourth-order valence-electron chi connectivity index (χ4n) is 3.95. The van der Waals surface area contributed by atoms with E-state index in [0.717, 1.165) is 17.2 Å². The van der Waals surface area contributed by atoms with E-state index in [2.05, 4.69) is 49.7 Å². The third kappa shape index (κ3) is 4.87. The number of rotatable bonds is 6. The highest BCUT2D eigenvalue weighted by molar-refractivity contribution is 8.00. The van der Waals surface area contributed by atoms with Crippen LogP contribution in [0, 0.1) is 11.3 Å². The first-order chi connectivity index (χ1) is 10.1. The fraction of sp³-hybridized carbons (Fsp3) is 1.00. The fourth-order valence-corrected chi connectivity index (χ4v) is 5.11. The van der Waals surface area contributed by atoms with Crippen LogP contribution in [0.5, 0.6) is 0 Å². The maximum Gasteiger partial charge on any atom is 0.0184 e. The zero-order valence-electron chi connectivity index (χ0n) is 14.7. The van der Waals surface area contributed by atoms with Crippen molar-refractivity contribution in [3.05, 3.63) is 0 Å². The summed E-state index contributed by atoms with van der Waals surface area (Å²) >= 11 is 2.16. The number of hydrogen-bond donors (Lipinski definition) is 1. The Bertz CT molecular complexity index is 300. The average Bonchev–Trinajstić information content (AvgIpc) is 2.47. The molecule has 2 unspecified atom stereocenters. The zero-order valence-corrected chi connectivity index (χ0v) is 15.5. The van der Waals surface area contributed by atoms with E-state index in [1.54, 1.807) is 0 Å². The number of thioether (sulfide) groups is 1. The van der Waals surface area contributed by atoms with Gasteiger partial charge in [0.2, 0.25) is 0 Å². The van der Waals surface area contributed by atoms with Gasteiger partial charge in [-0.3, -0.25) is 4.90 Å². The van der Waals surface area contributed by atoms with Gasteiger partial charge >= 0.3 is 0 Å². The highest BCUT2D eigenvalue weighted by Gasteiger charge is 2.38. The first-order valence-electron chi connectivity index (χ1n) is 9.13. The standard InChI is InChI=1S/C18H36N2S/c1-5-10-19-13-18(8-6-15(2)7-9-18)14-20-11-12-21-17(4)16(20)3/h15-17,19H,5-14H2,1-4H3. The molecule has 124 valence electrons. The highest BCUT2D eigenvalue weighted by Crippen LogP contribution is 2.40. The van der Waals surface area contributed by atoms with Crippen LogP contribution in [0.1, 0.15) is 59.8 Å². The number of hydrogen-bond acceptors (Lipinski definition) is 3. The molecule has 1 saturated carbocycles. The van der Waals surface area contributed by atoms with Crippen molar-refractivity contribution in [1.82, 2.24) is 10.2 Å². The van der Waals surface area contributed by atoms with Crippen LogP contribution in [-0.4, -0.2) is 48.1 Å². The molecule has 2 nitrogen and oxygen atoms in total. The first-order valence-corrected chi connectivity index (χ1v) is 10.2. The molecule has 0 amide bonds. The van der Waals surface area contributed by atoms with Gasteiger partial charge in [0.05, 0.1) is 0 Å². The Balaban J connectivity index is 1.97. The predicted octanol–water partition coefficient (Wildman–Crippen LogP) is 4.01. The Morgan fingerprint density at radius 2 is 1.90 bits per heavy atom. The summed E-state index contributed by atoms with van der Waals surface area (Å²) in [6.07, 6.45) is 6.96. The van der Waals surface area contributed by atoms with Gasteiger partial charge < -0.3 is 5.32 Å². The number of nitrogens with zero attached hydrogens (tertiary/aromatic N) is 1. The van der Waals surface area contributed by atoms with Gasteiger partial charge in [0, 0.05) is 36.7 Å². The molecule has 21 heavy (non-hydrogen) atoms. The van der Waals surface area contributed by atoms with Gasteiger partial charge in [-0.15, -0.1) is 0 Å². The third-order valence-corrected chi connectivity index (χ3v) is 7.15. The molecule has 1 aliphatic heterocycles. The smallest absolute Gasteiger partial charge is 0.0184 e. The van der Waals surface area contributed by atoms with E-state index in [4.69, 9.17) is 0 Å². The molecule has 2 fully saturated rings. The van der Waals surface area contributed by atoms with Crippen LogP contribution in [-0.2, 0) is 0 Å². The van der Waals surface area contributed by atoms with Crippen LogP contribution in [0.4, 0.5) is 0 Å². The SMILES string of the molecule is CCCNCC1(CN2CCSC(C)C2C)CCC(C)CC1. The molecule has 2 atom stereocenters. The second kappa shape index (κ2) is 8.21. The second-order valence-corrected chi connectivity index (χ2v) is 9.13. The normalized spacial score (nSPS) is 38.6. The molecule has 0 aromatic carbocycles. The molecule has 2 aliphatic rings. The van der Waals surface area contributed by atoms with Gasteiger partial charge in [0.15, 0.2) is 0 Å². The van der Waals surface area contributed by atoms with Crippen molar-refractivity contribution >= 4 is 11.8 Å². The van der Waals surface area contributed by atoms with Crippen LogP contribution >= 0.6 is 11.8 Å². The summed E-state index contributed by atoms with van der Waals surface area (Å²) in [7, 11) is 0. The topological polar surface area (TPSA) is 15.3 Å². The van der Waals surface area contributed by atoms with Crippen molar-refractivity contribution in [1.29, 1.82) is 0 Å². The zero-order chi connectivity index (χ0) is 15.3. The molecule has 1 aliphatic carbocycles. The van der Waals surface area contributed by atoms with E-state index in [0.29, 0.717) is 5.41 Å². The highest BCUT2D eigenvalue weighted by atomic mass is 32.2.